The Kier molecular flexibility index (Phi) is 3.96. The predicted octanol–water partition coefficient (Wildman–Crippen LogP) is 1.11. The molecule has 0 amide bonds. The zero-order chi connectivity index (χ0) is 4.41. The van der Waals surface area contributed by atoms with Gasteiger partial charge in [0, 0.05) is 32.7 Å². The summed E-state index contributed by atoms with van der Waals surface area (Å²) in [7, 11) is 0. The van der Waals surface area contributed by atoms with Crippen molar-refractivity contribution >= 4 is 0 Å². The van der Waals surface area contributed by atoms with Gasteiger partial charge in [-0.1, -0.05) is 0 Å². The second-order valence-electron chi connectivity index (χ2n) is 1.49. The molecule has 0 aromatic carbocycles. The van der Waals surface area contributed by atoms with Gasteiger partial charge in [-0.25, -0.2) is 6.08 Å². The molecule has 0 N–H and O–H groups in total. The molecule has 37 valence electrons. The molecule has 7 heavy (non-hydrogen) atoms. The minimum atomic E-state index is 0. The van der Waals surface area contributed by atoms with Crippen LogP contribution in [0.25, 0.3) is 0 Å². The molecule has 2 heteroatoms. The average molecular weight is 172 g/mol. The van der Waals surface area contributed by atoms with E-state index in [4.69, 9.17) is 4.74 Å². The Hall–Kier alpha value is 0.644. The van der Waals surface area contributed by atoms with Crippen molar-refractivity contribution in [3.63, 3.8) is 0 Å². The summed E-state index contributed by atoms with van der Waals surface area (Å²) in [5.74, 6) is 0. The third-order valence-corrected chi connectivity index (χ3v) is 0.802. The maximum atomic E-state index is 4.85. The van der Waals surface area contributed by atoms with Crippen molar-refractivity contribution in [1.29, 1.82) is 0 Å². The molecule has 0 saturated heterocycles. The molecule has 1 aliphatic heterocycles. The van der Waals surface area contributed by atoms with E-state index < -0.39 is 0 Å². The average Bonchev–Trinajstić information content (AvgIpc) is 1.86. The fourth-order valence-corrected chi connectivity index (χ4v) is 0.426. The van der Waals surface area contributed by atoms with E-state index in [1.165, 1.54) is 0 Å². The number of hydrogen-bond donors (Lipinski definition) is 0. The van der Waals surface area contributed by atoms with Crippen molar-refractivity contribution in [2.75, 3.05) is 0 Å². The topological polar surface area (TPSA) is 9.23 Å². The van der Waals surface area contributed by atoms with E-state index in [0.717, 1.165) is 6.42 Å². The first-order chi connectivity index (χ1) is 2.89. The maximum absolute atomic E-state index is 4.85. The van der Waals surface area contributed by atoms with Gasteiger partial charge in [0.15, 0.2) is 0 Å². The van der Waals surface area contributed by atoms with Crippen LogP contribution in [-0.2, 0) is 37.4 Å². The van der Waals surface area contributed by atoms with Crippen LogP contribution in [-0.4, -0.2) is 6.10 Å². The zero-order valence-electron chi connectivity index (χ0n) is 4.35. The summed E-state index contributed by atoms with van der Waals surface area (Å²) < 4.78 is 4.85. The van der Waals surface area contributed by atoms with Crippen molar-refractivity contribution < 1.29 is 37.4 Å². The monoisotopic (exact) mass is 172 g/mol. The number of hydrogen-bond acceptors (Lipinski definition) is 1. The van der Waals surface area contributed by atoms with Gasteiger partial charge in [0.2, 0.25) is 0 Å². The van der Waals surface area contributed by atoms with E-state index in [0.29, 0.717) is 6.10 Å². The largest absolute Gasteiger partial charge is 0.691 e. The molecule has 0 aromatic heterocycles. The van der Waals surface area contributed by atoms with Crippen molar-refractivity contribution in [2.45, 2.75) is 19.4 Å². The van der Waals surface area contributed by atoms with Crippen LogP contribution in [0.1, 0.15) is 13.3 Å². The van der Waals surface area contributed by atoms with Crippen LogP contribution in [0.3, 0.4) is 0 Å². The van der Waals surface area contributed by atoms with Crippen molar-refractivity contribution in [3.8, 4) is 0 Å². The Morgan fingerprint density at radius 1 is 1.86 bits per heavy atom. The summed E-state index contributed by atoms with van der Waals surface area (Å²) in [6.07, 6.45) is 5.96. The van der Waals surface area contributed by atoms with Gasteiger partial charge in [-0.3, -0.25) is 0 Å². The van der Waals surface area contributed by atoms with Crippen LogP contribution in [0.4, 0.5) is 0 Å². The minimum Gasteiger partial charge on any atom is -0.691 e. The molecule has 1 aliphatic rings. The summed E-state index contributed by atoms with van der Waals surface area (Å²) in [4.78, 5) is 0. The summed E-state index contributed by atoms with van der Waals surface area (Å²) in [5.41, 5.74) is 0. The summed E-state index contributed by atoms with van der Waals surface area (Å²) in [5, 5.41) is 0. The van der Waals surface area contributed by atoms with Gasteiger partial charge in [0.05, 0.1) is 6.10 Å². The molecule has 1 heterocycles. The van der Waals surface area contributed by atoms with Gasteiger partial charge in [0.25, 0.3) is 0 Å². The van der Waals surface area contributed by atoms with E-state index in [1.54, 1.807) is 0 Å². The maximum Gasteiger partial charge on any atom is 0.0549 e. The first-order valence-corrected chi connectivity index (χ1v) is 2.12. The van der Waals surface area contributed by atoms with Crippen LogP contribution in [0.2, 0.25) is 0 Å². The number of rotatable bonds is 0. The number of ether oxygens (including phenoxy) is 1. The van der Waals surface area contributed by atoms with Gasteiger partial charge in [-0.05, 0) is 13.3 Å². The van der Waals surface area contributed by atoms with Crippen LogP contribution in [0, 0.1) is 6.26 Å². The van der Waals surface area contributed by atoms with Crippen LogP contribution >= 0.6 is 0 Å². The van der Waals surface area contributed by atoms with E-state index in [9.17, 15) is 0 Å². The molecule has 1 rings (SSSR count). The molecule has 0 aromatic rings. The molecule has 0 aliphatic carbocycles. The summed E-state index contributed by atoms with van der Waals surface area (Å²) in [6.45, 7) is 2.02. The Bertz CT molecular complexity index is 62.5. The second-order valence-corrected chi connectivity index (χ2v) is 1.49. The fraction of sp³-hybridized carbons (Fsp3) is 0.600. The Morgan fingerprint density at radius 2 is 2.57 bits per heavy atom. The Balaban J connectivity index is 0.000000360. The van der Waals surface area contributed by atoms with Crippen molar-refractivity contribution in [1.82, 2.24) is 0 Å². The Labute approximate surface area is 69.0 Å². The zero-order valence-corrected chi connectivity index (χ0v) is 7.19. The van der Waals surface area contributed by atoms with Crippen molar-refractivity contribution in [2.24, 2.45) is 0 Å². The Morgan fingerprint density at radius 3 is 2.71 bits per heavy atom. The van der Waals surface area contributed by atoms with Crippen LogP contribution < -0.4 is 0 Å². The molecule has 1 unspecified atom stereocenters. The first-order valence-electron chi connectivity index (χ1n) is 2.12. The van der Waals surface area contributed by atoms with E-state index in [-0.39, 0.29) is 32.7 Å². The van der Waals surface area contributed by atoms with Crippen LogP contribution in [0.15, 0.2) is 6.08 Å². The van der Waals surface area contributed by atoms with Gasteiger partial charge in [0.1, 0.15) is 0 Å². The SMILES string of the molecule is CC1CC=[C-]O1.[Y]. The van der Waals surface area contributed by atoms with E-state index >= 15 is 0 Å². The van der Waals surface area contributed by atoms with Crippen LogP contribution in [0.5, 0.6) is 0 Å². The molecule has 1 nitrogen and oxygen atoms in total. The van der Waals surface area contributed by atoms with Gasteiger partial charge in [-0.15, -0.1) is 0 Å². The standard InChI is InChI=1S/C5H7O.Y/c1-5-3-2-4-6-5;/h2,5H,3H2,1H3;/q-1;. The third kappa shape index (κ3) is 2.45. The van der Waals surface area contributed by atoms with Gasteiger partial charge in [-0.2, -0.15) is 0 Å². The third-order valence-electron chi connectivity index (χ3n) is 0.802. The van der Waals surface area contributed by atoms with Gasteiger partial charge >= 0.3 is 0 Å². The molecule has 0 fully saturated rings. The molecule has 0 saturated carbocycles. The smallest absolute Gasteiger partial charge is 0.0549 e. The molecule has 0 spiro atoms. The normalized spacial score (nSPS) is 26.1. The van der Waals surface area contributed by atoms with Gasteiger partial charge < -0.3 is 11.0 Å². The summed E-state index contributed by atoms with van der Waals surface area (Å²) in [6, 6.07) is 0. The molecular weight excluding hydrogens is 165 g/mol. The first kappa shape index (κ1) is 7.64. The quantitative estimate of drug-likeness (QED) is 0.497. The second kappa shape index (κ2) is 3.62. The minimum absolute atomic E-state index is 0. The summed E-state index contributed by atoms with van der Waals surface area (Å²) >= 11 is 0. The molecule has 1 radical (unpaired) electrons. The fourth-order valence-electron chi connectivity index (χ4n) is 0.426. The predicted molar refractivity (Wildman–Crippen MR) is 23.0 cm³/mol. The van der Waals surface area contributed by atoms with E-state index in [2.05, 4.69) is 6.26 Å². The van der Waals surface area contributed by atoms with Crippen molar-refractivity contribution in [3.05, 3.63) is 12.3 Å². The molecule has 1 atom stereocenters. The van der Waals surface area contributed by atoms with E-state index in [1.807, 2.05) is 13.0 Å². The molecule has 0 bridgehead atoms. The molecular formula is C5H7OY-.